The lowest BCUT2D eigenvalue weighted by Gasteiger charge is -2.09. The van der Waals surface area contributed by atoms with E-state index in [-0.39, 0.29) is 0 Å². The second kappa shape index (κ2) is 2.44. The molecule has 0 N–H and O–H groups in total. The smallest absolute Gasteiger partial charge is 0.181 e. The molecular weight excluding hydrogens is 188 g/mol. The topological polar surface area (TPSA) is 15.6 Å². The van der Waals surface area contributed by atoms with Crippen LogP contribution in [0.1, 0.15) is 0 Å². The van der Waals surface area contributed by atoms with Gasteiger partial charge in [-0.15, -0.1) is 0 Å². The summed E-state index contributed by atoms with van der Waals surface area (Å²) in [6, 6.07) is 8.44. The first kappa shape index (κ1) is 6.86. The summed E-state index contributed by atoms with van der Waals surface area (Å²) >= 11 is 3.38. The summed E-state index contributed by atoms with van der Waals surface area (Å²) in [6.45, 7) is 0. The standard InChI is InChI=1S/C8H6N2S2/c1-2-4-7-6(3-1)10-5-11-9-8(10)12-7/h1-4H,5H2. The van der Waals surface area contributed by atoms with Gasteiger partial charge in [-0.1, -0.05) is 12.1 Å². The molecule has 0 saturated carbocycles. The molecular formula is C8H6N2S2. The maximum Gasteiger partial charge on any atom is 0.181 e. The first-order valence-corrected chi connectivity index (χ1v) is 5.45. The molecule has 4 heteroatoms. The van der Waals surface area contributed by atoms with Gasteiger partial charge in [0.2, 0.25) is 0 Å². The lowest BCUT2D eigenvalue weighted by Crippen LogP contribution is -2.18. The Balaban J connectivity index is 2.17. The van der Waals surface area contributed by atoms with E-state index in [4.69, 9.17) is 0 Å². The Bertz CT molecular complexity index is 362. The van der Waals surface area contributed by atoms with Crippen LogP contribution in [0.2, 0.25) is 0 Å². The molecule has 0 amide bonds. The third-order valence-electron chi connectivity index (χ3n) is 1.92. The minimum Gasteiger partial charge on any atom is -0.307 e. The first-order valence-electron chi connectivity index (χ1n) is 3.69. The molecule has 0 fully saturated rings. The predicted molar refractivity (Wildman–Crippen MR) is 54.7 cm³/mol. The monoisotopic (exact) mass is 194 g/mol. The second-order valence-corrected chi connectivity index (χ2v) is 4.34. The number of para-hydroxylation sites is 1. The van der Waals surface area contributed by atoms with Crippen molar-refractivity contribution in [1.29, 1.82) is 0 Å². The Morgan fingerprint density at radius 2 is 2.25 bits per heavy atom. The van der Waals surface area contributed by atoms with Gasteiger partial charge < -0.3 is 4.90 Å². The van der Waals surface area contributed by atoms with E-state index in [1.165, 1.54) is 10.6 Å². The lowest BCUT2D eigenvalue weighted by atomic mass is 10.3. The van der Waals surface area contributed by atoms with E-state index in [1.807, 2.05) is 0 Å². The largest absolute Gasteiger partial charge is 0.307 e. The normalized spacial score (nSPS) is 19.0. The van der Waals surface area contributed by atoms with Gasteiger partial charge in [-0.25, -0.2) is 0 Å². The SMILES string of the molecule is c1ccc2c(c1)SC1=NSCN12. The van der Waals surface area contributed by atoms with Crippen molar-refractivity contribution in [1.82, 2.24) is 0 Å². The van der Waals surface area contributed by atoms with Crippen LogP contribution in [0.3, 0.4) is 0 Å². The number of amidine groups is 1. The Labute approximate surface area is 79.2 Å². The fraction of sp³-hybridized carbons (Fsp3) is 0.125. The zero-order chi connectivity index (χ0) is 7.97. The predicted octanol–water partition coefficient (Wildman–Crippen LogP) is 2.57. The van der Waals surface area contributed by atoms with Crippen LogP contribution >= 0.6 is 23.7 Å². The number of rotatable bonds is 0. The van der Waals surface area contributed by atoms with Gasteiger partial charge in [-0.2, -0.15) is 4.40 Å². The quantitative estimate of drug-likeness (QED) is 0.590. The van der Waals surface area contributed by atoms with Gasteiger partial charge in [0.25, 0.3) is 0 Å². The summed E-state index contributed by atoms with van der Waals surface area (Å²) in [4.78, 5) is 3.58. The highest BCUT2D eigenvalue weighted by molar-refractivity contribution is 8.16. The molecule has 0 bridgehead atoms. The first-order chi connectivity index (χ1) is 5.95. The van der Waals surface area contributed by atoms with Crippen LogP contribution < -0.4 is 4.90 Å². The summed E-state index contributed by atoms with van der Waals surface area (Å²) in [7, 11) is 0. The van der Waals surface area contributed by atoms with Crippen LogP contribution in [-0.2, 0) is 0 Å². The van der Waals surface area contributed by atoms with Crippen LogP contribution in [0.25, 0.3) is 0 Å². The third-order valence-corrected chi connectivity index (χ3v) is 3.77. The molecule has 0 spiro atoms. The second-order valence-electron chi connectivity index (χ2n) is 2.63. The molecule has 0 atom stereocenters. The number of nitrogens with zero attached hydrogens (tertiary/aromatic N) is 2. The minimum absolute atomic E-state index is 0.972. The highest BCUT2D eigenvalue weighted by atomic mass is 32.2. The molecule has 1 aromatic carbocycles. The number of thioether (sulfide) groups is 1. The zero-order valence-corrected chi connectivity index (χ0v) is 7.86. The lowest BCUT2D eigenvalue weighted by molar-refractivity contribution is 1.24. The summed E-state index contributed by atoms with van der Waals surface area (Å²) in [5.41, 5.74) is 1.31. The molecule has 0 unspecified atom stereocenters. The highest BCUT2D eigenvalue weighted by Crippen LogP contribution is 2.44. The van der Waals surface area contributed by atoms with Crippen LogP contribution in [0.4, 0.5) is 5.69 Å². The van der Waals surface area contributed by atoms with E-state index in [1.54, 1.807) is 23.7 Å². The molecule has 2 aliphatic heterocycles. The van der Waals surface area contributed by atoms with E-state index in [2.05, 4.69) is 33.6 Å². The third kappa shape index (κ3) is 0.820. The fourth-order valence-corrected chi connectivity index (χ4v) is 3.29. The molecule has 12 heavy (non-hydrogen) atoms. The molecule has 0 saturated heterocycles. The average molecular weight is 194 g/mol. The number of benzene rings is 1. The van der Waals surface area contributed by atoms with Crippen molar-refractivity contribution in [3.63, 3.8) is 0 Å². The zero-order valence-electron chi connectivity index (χ0n) is 6.23. The minimum atomic E-state index is 0.972. The van der Waals surface area contributed by atoms with E-state index < -0.39 is 0 Å². The molecule has 3 rings (SSSR count). The van der Waals surface area contributed by atoms with Crippen LogP contribution in [0, 0.1) is 0 Å². The summed E-state index contributed by atoms with van der Waals surface area (Å²) in [5.74, 6) is 0.972. The van der Waals surface area contributed by atoms with Gasteiger partial charge in [0.1, 0.15) is 0 Å². The van der Waals surface area contributed by atoms with Crippen molar-refractivity contribution >= 4 is 34.6 Å². The van der Waals surface area contributed by atoms with E-state index in [9.17, 15) is 0 Å². The van der Waals surface area contributed by atoms with Crippen LogP contribution in [0.5, 0.6) is 0 Å². The number of fused-ring (bicyclic) bond motifs is 3. The summed E-state index contributed by atoms with van der Waals surface area (Å²) in [6.07, 6.45) is 0. The molecule has 2 aliphatic rings. The Morgan fingerprint density at radius 3 is 3.25 bits per heavy atom. The van der Waals surface area contributed by atoms with Crippen molar-refractivity contribution in [2.75, 3.05) is 10.8 Å². The molecule has 0 aromatic heterocycles. The molecule has 0 aliphatic carbocycles. The summed E-state index contributed by atoms with van der Waals surface area (Å²) < 4.78 is 4.33. The van der Waals surface area contributed by atoms with Crippen molar-refractivity contribution in [3.8, 4) is 0 Å². The fourth-order valence-electron chi connectivity index (χ4n) is 1.36. The van der Waals surface area contributed by atoms with E-state index in [0.717, 1.165) is 11.0 Å². The van der Waals surface area contributed by atoms with Crippen molar-refractivity contribution in [2.45, 2.75) is 4.90 Å². The van der Waals surface area contributed by atoms with Gasteiger partial charge >= 0.3 is 0 Å². The van der Waals surface area contributed by atoms with E-state index >= 15 is 0 Å². The van der Waals surface area contributed by atoms with Gasteiger partial charge in [0.05, 0.1) is 11.6 Å². The molecule has 2 nitrogen and oxygen atoms in total. The summed E-state index contributed by atoms with van der Waals surface area (Å²) in [5, 5.41) is 1.14. The van der Waals surface area contributed by atoms with Crippen LogP contribution in [0.15, 0.2) is 33.6 Å². The molecule has 1 aromatic rings. The molecule has 0 radical (unpaired) electrons. The van der Waals surface area contributed by atoms with Crippen LogP contribution in [-0.4, -0.2) is 11.0 Å². The van der Waals surface area contributed by atoms with Crippen molar-refractivity contribution in [3.05, 3.63) is 24.3 Å². The average Bonchev–Trinajstić information content (AvgIpc) is 2.62. The maximum absolute atomic E-state index is 4.33. The van der Waals surface area contributed by atoms with Gasteiger partial charge in [-0.3, -0.25) is 0 Å². The van der Waals surface area contributed by atoms with Crippen molar-refractivity contribution in [2.24, 2.45) is 4.40 Å². The highest BCUT2D eigenvalue weighted by Gasteiger charge is 2.29. The molecule has 60 valence electrons. The molecule has 2 heterocycles. The Hall–Kier alpha value is -0.610. The van der Waals surface area contributed by atoms with Gasteiger partial charge in [0, 0.05) is 4.90 Å². The number of hydrogen-bond donors (Lipinski definition) is 0. The number of hydrogen-bond acceptors (Lipinski definition) is 4. The van der Waals surface area contributed by atoms with E-state index in [0.29, 0.717) is 0 Å². The maximum atomic E-state index is 4.33. The van der Waals surface area contributed by atoms with Gasteiger partial charge in [0.15, 0.2) is 5.17 Å². The van der Waals surface area contributed by atoms with Crippen molar-refractivity contribution < 1.29 is 0 Å². The Morgan fingerprint density at radius 1 is 1.33 bits per heavy atom. The van der Waals surface area contributed by atoms with Gasteiger partial charge in [-0.05, 0) is 35.8 Å². The number of anilines is 1. The Kier molecular flexibility index (Phi) is 1.39.